The van der Waals surface area contributed by atoms with Crippen molar-refractivity contribution in [2.24, 2.45) is 0 Å². The summed E-state index contributed by atoms with van der Waals surface area (Å²) in [6.07, 6.45) is 1.87. The summed E-state index contributed by atoms with van der Waals surface area (Å²) in [6, 6.07) is 4.16. The van der Waals surface area contributed by atoms with E-state index < -0.39 is 0 Å². The first-order valence-corrected chi connectivity index (χ1v) is 4.67. The molecule has 1 aromatic heterocycles. The van der Waals surface area contributed by atoms with Gasteiger partial charge in [-0.1, -0.05) is 0 Å². The number of pyridine rings is 1. The minimum atomic E-state index is 0.940. The lowest BCUT2D eigenvalue weighted by atomic mass is 10.2. The van der Waals surface area contributed by atoms with E-state index >= 15 is 0 Å². The van der Waals surface area contributed by atoms with Crippen molar-refractivity contribution in [1.29, 1.82) is 0 Å². The van der Waals surface area contributed by atoms with Crippen LogP contribution in [0.4, 0.5) is 5.82 Å². The average Bonchev–Trinajstić information content (AvgIpc) is 2.19. The van der Waals surface area contributed by atoms with E-state index in [0.717, 1.165) is 32.0 Å². The molecular weight excluding hydrogens is 162 g/mol. The van der Waals surface area contributed by atoms with Gasteiger partial charge in [0.2, 0.25) is 0 Å². The molecule has 1 aliphatic rings. The molecule has 0 aromatic carbocycles. The van der Waals surface area contributed by atoms with Crippen LogP contribution < -0.4 is 4.90 Å². The second-order valence-corrected chi connectivity index (χ2v) is 3.35. The van der Waals surface area contributed by atoms with Crippen LogP contribution in [0.15, 0.2) is 18.3 Å². The van der Waals surface area contributed by atoms with Gasteiger partial charge < -0.3 is 10.2 Å². The molecule has 1 saturated heterocycles. The van der Waals surface area contributed by atoms with Crippen LogP contribution in [0.3, 0.4) is 0 Å². The Morgan fingerprint density at radius 2 is 2.15 bits per heavy atom. The van der Waals surface area contributed by atoms with Crippen LogP contribution in [-0.2, 0) is 0 Å². The molecular formula is C10H14N3-. The predicted molar refractivity (Wildman–Crippen MR) is 54.3 cm³/mol. The quantitative estimate of drug-likeness (QED) is 0.650. The third-order valence-corrected chi connectivity index (χ3v) is 2.28. The summed E-state index contributed by atoms with van der Waals surface area (Å²) >= 11 is 0. The molecule has 0 amide bonds. The number of anilines is 1. The molecule has 1 aliphatic heterocycles. The fourth-order valence-electron chi connectivity index (χ4n) is 1.53. The third kappa shape index (κ3) is 1.98. The maximum atomic E-state index is 4.35. The topological polar surface area (TPSA) is 30.2 Å². The summed E-state index contributed by atoms with van der Waals surface area (Å²) in [5, 5.41) is 4.31. The molecule has 70 valence electrons. The van der Waals surface area contributed by atoms with Crippen LogP contribution in [0, 0.1) is 6.92 Å². The van der Waals surface area contributed by atoms with Gasteiger partial charge >= 0.3 is 0 Å². The molecule has 0 atom stereocenters. The lowest BCUT2D eigenvalue weighted by Crippen LogP contribution is -2.34. The van der Waals surface area contributed by atoms with Crippen molar-refractivity contribution >= 4 is 5.82 Å². The summed E-state index contributed by atoms with van der Waals surface area (Å²) in [4.78, 5) is 6.64. The Morgan fingerprint density at radius 1 is 1.38 bits per heavy atom. The molecule has 1 aromatic rings. The lowest BCUT2D eigenvalue weighted by molar-refractivity contribution is 0.747. The summed E-state index contributed by atoms with van der Waals surface area (Å²) in [7, 11) is 0. The van der Waals surface area contributed by atoms with E-state index in [-0.39, 0.29) is 0 Å². The van der Waals surface area contributed by atoms with Gasteiger partial charge in [-0.25, -0.2) is 4.98 Å². The van der Waals surface area contributed by atoms with Gasteiger partial charge in [-0.3, -0.25) is 0 Å². The summed E-state index contributed by atoms with van der Waals surface area (Å²) in [6.45, 7) is 6.00. The van der Waals surface area contributed by atoms with Crippen LogP contribution in [0.2, 0.25) is 0 Å². The molecule has 0 radical (unpaired) electrons. The van der Waals surface area contributed by atoms with Crippen LogP contribution in [0.1, 0.15) is 5.56 Å². The zero-order chi connectivity index (χ0) is 9.10. The Morgan fingerprint density at radius 3 is 2.85 bits per heavy atom. The maximum absolute atomic E-state index is 4.35. The first kappa shape index (κ1) is 8.51. The minimum Gasteiger partial charge on any atom is -0.659 e. The van der Waals surface area contributed by atoms with Crippen molar-refractivity contribution in [2.45, 2.75) is 6.92 Å². The standard InChI is InChI=1S/C10H14N3/c1-9-2-3-12-10(8-9)13-6-4-11-5-7-13/h2-3,8H,4-7H2,1H3/q-1. The van der Waals surface area contributed by atoms with Crippen molar-refractivity contribution in [2.75, 3.05) is 31.1 Å². The molecule has 2 rings (SSSR count). The number of piperazine rings is 1. The van der Waals surface area contributed by atoms with Gasteiger partial charge in [-0.05, 0) is 24.6 Å². The Balaban J connectivity index is 2.14. The molecule has 13 heavy (non-hydrogen) atoms. The van der Waals surface area contributed by atoms with Gasteiger partial charge in [0, 0.05) is 19.3 Å². The zero-order valence-electron chi connectivity index (χ0n) is 7.90. The zero-order valence-corrected chi connectivity index (χ0v) is 7.90. The van der Waals surface area contributed by atoms with E-state index in [1.807, 2.05) is 12.3 Å². The molecule has 3 heteroatoms. The Kier molecular flexibility index (Phi) is 2.45. The number of rotatable bonds is 1. The Bertz CT molecular complexity index is 279. The fraction of sp³-hybridized carbons (Fsp3) is 0.500. The van der Waals surface area contributed by atoms with Gasteiger partial charge in [0.25, 0.3) is 0 Å². The Hall–Kier alpha value is -1.09. The molecule has 0 N–H and O–H groups in total. The van der Waals surface area contributed by atoms with Crippen molar-refractivity contribution in [3.8, 4) is 0 Å². The van der Waals surface area contributed by atoms with Crippen molar-refractivity contribution < 1.29 is 0 Å². The van der Waals surface area contributed by atoms with Crippen molar-refractivity contribution in [3.05, 3.63) is 29.2 Å². The number of aryl methyl sites for hydroxylation is 1. The van der Waals surface area contributed by atoms with Gasteiger partial charge in [-0.15, -0.1) is 13.1 Å². The van der Waals surface area contributed by atoms with Crippen LogP contribution in [0.5, 0.6) is 0 Å². The maximum Gasteiger partial charge on any atom is 0.128 e. The van der Waals surface area contributed by atoms with Crippen LogP contribution >= 0.6 is 0 Å². The van der Waals surface area contributed by atoms with Crippen LogP contribution in [0.25, 0.3) is 5.32 Å². The molecule has 1 fully saturated rings. The summed E-state index contributed by atoms with van der Waals surface area (Å²) in [5.74, 6) is 1.09. The largest absolute Gasteiger partial charge is 0.659 e. The summed E-state index contributed by atoms with van der Waals surface area (Å²) in [5.41, 5.74) is 1.27. The van der Waals surface area contributed by atoms with E-state index in [1.54, 1.807) is 0 Å². The van der Waals surface area contributed by atoms with Gasteiger partial charge in [0.05, 0.1) is 0 Å². The third-order valence-electron chi connectivity index (χ3n) is 2.28. The van der Waals surface area contributed by atoms with E-state index in [4.69, 9.17) is 0 Å². The van der Waals surface area contributed by atoms with Gasteiger partial charge in [0.15, 0.2) is 0 Å². The number of hydrogen-bond donors (Lipinski definition) is 0. The smallest absolute Gasteiger partial charge is 0.128 e. The first-order valence-electron chi connectivity index (χ1n) is 4.67. The van der Waals surface area contributed by atoms with Crippen molar-refractivity contribution in [1.82, 2.24) is 4.98 Å². The normalized spacial score (nSPS) is 17.5. The number of nitrogens with zero attached hydrogens (tertiary/aromatic N) is 3. The SMILES string of the molecule is Cc1ccnc(N2CC[N-]CC2)c1. The summed E-state index contributed by atoms with van der Waals surface area (Å²) < 4.78 is 0. The second kappa shape index (κ2) is 3.75. The highest BCUT2D eigenvalue weighted by atomic mass is 15.2. The van der Waals surface area contributed by atoms with E-state index in [9.17, 15) is 0 Å². The molecule has 0 unspecified atom stereocenters. The van der Waals surface area contributed by atoms with Crippen LogP contribution in [-0.4, -0.2) is 31.2 Å². The van der Waals surface area contributed by atoms with E-state index in [1.165, 1.54) is 5.56 Å². The lowest BCUT2D eigenvalue weighted by Gasteiger charge is -2.36. The minimum absolute atomic E-state index is 0.940. The molecule has 3 nitrogen and oxygen atoms in total. The first-order chi connectivity index (χ1) is 6.36. The fourth-order valence-corrected chi connectivity index (χ4v) is 1.53. The highest BCUT2D eigenvalue weighted by Crippen LogP contribution is 2.14. The molecule has 0 bridgehead atoms. The van der Waals surface area contributed by atoms with Gasteiger partial charge in [-0.2, -0.15) is 0 Å². The average molecular weight is 176 g/mol. The molecule has 0 saturated carbocycles. The Labute approximate surface area is 78.8 Å². The van der Waals surface area contributed by atoms with E-state index in [0.29, 0.717) is 0 Å². The molecule has 2 heterocycles. The monoisotopic (exact) mass is 176 g/mol. The highest BCUT2D eigenvalue weighted by Gasteiger charge is 2.06. The predicted octanol–water partition coefficient (Wildman–Crippen LogP) is 1.58. The molecule has 0 spiro atoms. The van der Waals surface area contributed by atoms with Crippen molar-refractivity contribution in [3.63, 3.8) is 0 Å². The second-order valence-electron chi connectivity index (χ2n) is 3.35. The van der Waals surface area contributed by atoms with Gasteiger partial charge in [0.1, 0.15) is 5.82 Å². The molecule has 0 aliphatic carbocycles. The van der Waals surface area contributed by atoms with E-state index in [2.05, 4.69) is 28.2 Å². The number of aromatic nitrogens is 1. The highest BCUT2D eigenvalue weighted by molar-refractivity contribution is 5.41. The number of hydrogen-bond acceptors (Lipinski definition) is 2.